The van der Waals surface area contributed by atoms with Crippen LogP contribution < -0.4 is 0 Å². The summed E-state index contributed by atoms with van der Waals surface area (Å²) in [7, 11) is 0. The topological polar surface area (TPSA) is 0 Å². The van der Waals surface area contributed by atoms with E-state index in [0.717, 1.165) is 0 Å². The van der Waals surface area contributed by atoms with Gasteiger partial charge in [0.25, 0.3) is 0 Å². The van der Waals surface area contributed by atoms with Crippen LogP contribution in [-0.4, -0.2) is 0 Å². The quantitative estimate of drug-likeness (QED) is 0.535. The normalized spacial score (nSPS) is 29.6. The van der Waals surface area contributed by atoms with Crippen LogP contribution >= 0.6 is 0 Å². The summed E-state index contributed by atoms with van der Waals surface area (Å²) in [6.45, 7) is 2.28. The zero-order valence-electron chi connectivity index (χ0n) is 8.72. The summed E-state index contributed by atoms with van der Waals surface area (Å²) in [6.07, 6.45) is 14.7. The fraction of sp³-hybridized carbons (Fsp3) is 0.429. The molecule has 0 radical (unpaired) electrons. The van der Waals surface area contributed by atoms with Gasteiger partial charge in [-0.3, -0.25) is 0 Å². The minimum atomic E-state index is 0.614. The van der Waals surface area contributed by atoms with E-state index in [4.69, 9.17) is 0 Å². The van der Waals surface area contributed by atoms with Gasteiger partial charge in [-0.1, -0.05) is 36.8 Å². The number of rotatable bonds is 0. The molecule has 0 spiro atoms. The van der Waals surface area contributed by atoms with Crippen LogP contribution in [0.2, 0.25) is 0 Å². The predicted octanol–water partition coefficient (Wildman–Crippen LogP) is 3.93. The lowest BCUT2D eigenvalue weighted by Gasteiger charge is -2.13. The van der Waals surface area contributed by atoms with Gasteiger partial charge in [0.15, 0.2) is 0 Å². The fourth-order valence-corrected chi connectivity index (χ4v) is 2.85. The summed E-state index contributed by atoms with van der Waals surface area (Å²) >= 11 is 0. The van der Waals surface area contributed by atoms with E-state index in [2.05, 4.69) is 31.2 Å². The maximum absolute atomic E-state index is 2.45. The number of hydrogen-bond acceptors (Lipinski definition) is 0. The first-order valence-electron chi connectivity index (χ1n) is 5.66. The van der Waals surface area contributed by atoms with E-state index < -0.39 is 0 Å². The molecule has 0 aliphatic heterocycles. The molecule has 0 bridgehead atoms. The monoisotopic (exact) mass is 184 g/mol. The lowest BCUT2D eigenvalue weighted by molar-refractivity contribution is 0.869. The smallest absolute Gasteiger partial charge is 0.00725 e. The van der Waals surface area contributed by atoms with Crippen molar-refractivity contribution in [3.05, 3.63) is 46.6 Å². The molecule has 72 valence electrons. The van der Waals surface area contributed by atoms with Crippen LogP contribution in [0.25, 0.3) is 0 Å². The Kier molecular flexibility index (Phi) is 1.76. The van der Waals surface area contributed by atoms with Crippen molar-refractivity contribution in [2.24, 2.45) is 5.92 Å². The van der Waals surface area contributed by atoms with Gasteiger partial charge in [0.05, 0.1) is 0 Å². The van der Waals surface area contributed by atoms with Crippen molar-refractivity contribution in [2.75, 3.05) is 0 Å². The van der Waals surface area contributed by atoms with Gasteiger partial charge < -0.3 is 0 Å². The minimum Gasteiger partial charge on any atom is -0.0773 e. The van der Waals surface area contributed by atoms with Gasteiger partial charge in [0.2, 0.25) is 0 Å². The third-order valence-electron chi connectivity index (χ3n) is 3.51. The molecule has 0 aromatic carbocycles. The van der Waals surface area contributed by atoms with E-state index in [0.29, 0.717) is 5.92 Å². The van der Waals surface area contributed by atoms with Crippen molar-refractivity contribution in [1.29, 1.82) is 0 Å². The molecule has 0 heteroatoms. The fourth-order valence-electron chi connectivity index (χ4n) is 2.85. The zero-order valence-corrected chi connectivity index (χ0v) is 8.72. The second-order valence-corrected chi connectivity index (χ2v) is 4.59. The van der Waals surface area contributed by atoms with E-state index in [9.17, 15) is 0 Å². The average Bonchev–Trinajstić information content (AvgIpc) is 2.51. The highest BCUT2D eigenvalue weighted by atomic mass is 14.3. The Morgan fingerprint density at radius 3 is 3.07 bits per heavy atom. The molecule has 3 rings (SSSR count). The molecule has 14 heavy (non-hydrogen) atoms. The van der Waals surface area contributed by atoms with Crippen LogP contribution in [0.5, 0.6) is 0 Å². The molecule has 0 fully saturated rings. The van der Waals surface area contributed by atoms with Gasteiger partial charge in [-0.25, -0.2) is 0 Å². The van der Waals surface area contributed by atoms with Gasteiger partial charge in [-0.15, -0.1) is 0 Å². The molecule has 1 unspecified atom stereocenters. The first kappa shape index (κ1) is 8.28. The highest BCUT2D eigenvalue weighted by molar-refractivity contribution is 5.60. The molecular formula is C14H16. The highest BCUT2D eigenvalue weighted by Crippen LogP contribution is 2.43. The summed E-state index contributed by atoms with van der Waals surface area (Å²) in [4.78, 5) is 0. The molecule has 3 aliphatic carbocycles. The first-order chi connectivity index (χ1) is 6.84. The third kappa shape index (κ3) is 1.13. The molecule has 0 aromatic rings. The molecule has 0 amide bonds. The molecule has 0 saturated heterocycles. The van der Waals surface area contributed by atoms with Crippen LogP contribution in [0.1, 0.15) is 32.6 Å². The van der Waals surface area contributed by atoms with E-state index in [1.54, 1.807) is 16.7 Å². The van der Waals surface area contributed by atoms with Crippen LogP contribution in [0.15, 0.2) is 46.6 Å². The number of allylic oxidation sites excluding steroid dienone is 8. The van der Waals surface area contributed by atoms with E-state index in [1.807, 2.05) is 0 Å². The molecule has 3 aliphatic rings. The Labute approximate surface area is 85.7 Å². The van der Waals surface area contributed by atoms with Crippen molar-refractivity contribution in [3.8, 4) is 0 Å². The van der Waals surface area contributed by atoms with Gasteiger partial charge in [-0.05, 0) is 48.3 Å². The lowest BCUT2D eigenvalue weighted by atomic mass is 9.91. The SMILES string of the molecule is CC1C=CC2=CCCC3=C2C(=C1)CC3. The van der Waals surface area contributed by atoms with Gasteiger partial charge in [-0.2, -0.15) is 0 Å². The highest BCUT2D eigenvalue weighted by Gasteiger charge is 2.25. The summed E-state index contributed by atoms with van der Waals surface area (Å²) in [5.41, 5.74) is 6.44. The van der Waals surface area contributed by atoms with Crippen LogP contribution in [0, 0.1) is 5.92 Å². The van der Waals surface area contributed by atoms with Gasteiger partial charge >= 0.3 is 0 Å². The lowest BCUT2D eigenvalue weighted by Crippen LogP contribution is -1.95. The Morgan fingerprint density at radius 2 is 2.14 bits per heavy atom. The van der Waals surface area contributed by atoms with Crippen molar-refractivity contribution in [2.45, 2.75) is 32.6 Å². The van der Waals surface area contributed by atoms with E-state index in [-0.39, 0.29) is 0 Å². The van der Waals surface area contributed by atoms with Crippen LogP contribution in [0.4, 0.5) is 0 Å². The van der Waals surface area contributed by atoms with Gasteiger partial charge in [0, 0.05) is 0 Å². The Hall–Kier alpha value is -1.04. The molecule has 0 heterocycles. The average molecular weight is 184 g/mol. The molecule has 0 aromatic heterocycles. The first-order valence-corrected chi connectivity index (χ1v) is 5.66. The minimum absolute atomic E-state index is 0.614. The molecule has 0 saturated carbocycles. The van der Waals surface area contributed by atoms with Crippen LogP contribution in [0.3, 0.4) is 0 Å². The zero-order chi connectivity index (χ0) is 9.54. The van der Waals surface area contributed by atoms with Crippen molar-refractivity contribution >= 4 is 0 Å². The molecule has 1 atom stereocenters. The summed E-state index contributed by atoms with van der Waals surface area (Å²) in [5, 5.41) is 0. The van der Waals surface area contributed by atoms with Crippen molar-refractivity contribution in [3.63, 3.8) is 0 Å². The predicted molar refractivity (Wildman–Crippen MR) is 60.0 cm³/mol. The van der Waals surface area contributed by atoms with Crippen LogP contribution in [-0.2, 0) is 0 Å². The molecule has 0 N–H and O–H groups in total. The third-order valence-corrected chi connectivity index (χ3v) is 3.51. The maximum Gasteiger partial charge on any atom is -0.00725 e. The summed E-state index contributed by atoms with van der Waals surface area (Å²) in [5.74, 6) is 0.614. The largest absolute Gasteiger partial charge is 0.0773 e. The molecule has 0 nitrogen and oxygen atoms in total. The Bertz CT molecular complexity index is 388. The standard InChI is InChI=1S/C14H16/c1-10-5-6-11-3-2-4-12-7-8-13(9-10)14(11)12/h3,5-6,9-10H,2,4,7-8H2,1H3. The summed E-state index contributed by atoms with van der Waals surface area (Å²) in [6, 6.07) is 0. The van der Waals surface area contributed by atoms with Crippen molar-refractivity contribution < 1.29 is 0 Å². The maximum atomic E-state index is 2.45. The second-order valence-electron chi connectivity index (χ2n) is 4.59. The molecular weight excluding hydrogens is 168 g/mol. The Morgan fingerprint density at radius 1 is 1.21 bits per heavy atom. The van der Waals surface area contributed by atoms with E-state index in [1.165, 1.54) is 31.3 Å². The van der Waals surface area contributed by atoms with E-state index >= 15 is 0 Å². The Balaban J connectivity index is 2.18. The summed E-state index contributed by atoms with van der Waals surface area (Å²) < 4.78 is 0. The van der Waals surface area contributed by atoms with Gasteiger partial charge in [0.1, 0.15) is 0 Å². The number of hydrogen-bond donors (Lipinski definition) is 0. The second kappa shape index (κ2) is 2.98. The van der Waals surface area contributed by atoms with Crippen molar-refractivity contribution in [1.82, 2.24) is 0 Å².